The van der Waals surface area contributed by atoms with Crippen molar-refractivity contribution in [2.75, 3.05) is 12.4 Å². The second-order valence-electron chi connectivity index (χ2n) is 5.30. The van der Waals surface area contributed by atoms with E-state index in [4.69, 9.17) is 0 Å². The van der Waals surface area contributed by atoms with Crippen molar-refractivity contribution in [3.63, 3.8) is 0 Å². The minimum Gasteiger partial charge on any atom is -0.365 e. The van der Waals surface area contributed by atoms with Crippen molar-refractivity contribution in [2.45, 2.75) is 20.0 Å². The predicted octanol–water partition coefficient (Wildman–Crippen LogP) is 3.79. The van der Waals surface area contributed by atoms with E-state index in [1.54, 1.807) is 23.8 Å². The third-order valence-electron chi connectivity index (χ3n) is 3.62. The molecule has 0 atom stereocenters. The van der Waals surface area contributed by atoms with Crippen LogP contribution >= 0.6 is 22.7 Å². The molecule has 0 aliphatic rings. The number of anilines is 1. The van der Waals surface area contributed by atoms with Crippen LogP contribution in [0.1, 0.15) is 26.6 Å². The highest BCUT2D eigenvalue weighted by atomic mass is 32.1. The number of aromatic nitrogens is 2. The molecule has 124 valence electrons. The third kappa shape index (κ3) is 3.80. The summed E-state index contributed by atoms with van der Waals surface area (Å²) in [5.41, 5.74) is 4.36. The van der Waals surface area contributed by atoms with Crippen molar-refractivity contribution in [3.8, 4) is 0 Å². The lowest BCUT2D eigenvalue weighted by atomic mass is 10.2. The monoisotopic (exact) mass is 358 g/mol. The minimum atomic E-state index is -0.0654. The molecule has 0 saturated heterocycles. The zero-order valence-electron chi connectivity index (χ0n) is 13.5. The van der Waals surface area contributed by atoms with Gasteiger partial charge in [0.2, 0.25) is 0 Å². The molecule has 7 heteroatoms. The van der Waals surface area contributed by atoms with E-state index in [-0.39, 0.29) is 5.91 Å². The molecule has 0 fully saturated rings. The maximum absolute atomic E-state index is 12.9. The van der Waals surface area contributed by atoms with Gasteiger partial charge in [-0.2, -0.15) is 0 Å². The first-order valence-electron chi connectivity index (χ1n) is 7.53. The number of amides is 1. The summed E-state index contributed by atoms with van der Waals surface area (Å²) in [6.45, 7) is 3.05. The van der Waals surface area contributed by atoms with Gasteiger partial charge in [-0.1, -0.05) is 30.3 Å². The fourth-order valence-corrected chi connectivity index (χ4v) is 3.74. The van der Waals surface area contributed by atoms with Crippen LogP contribution in [0.3, 0.4) is 0 Å². The lowest BCUT2D eigenvalue weighted by Gasteiger charge is -2.21. The Balaban J connectivity index is 1.85. The number of aryl methyl sites for hydroxylation is 1. The van der Waals surface area contributed by atoms with Gasteiger partial charge < -0.3 is 10.2 Å². The summed E-state index contributed by atoms with van der Waals surface area (Å²) in [7, 11) is 1.80. The average Bonchev–Trinajstić information content (AvgIpc) is 3.24. The Morgan fingerprint density at radius 3 is 2.62 bits per heavy atom. The van der Waals surface area contributed by atoms with Crippen molar-refractivity contribution >= 4 is 33.7 Å². The lowest BCUT2D eigenvalue weighted by molar-refractivity contribution is 0.0726. The van der Waals surface area contributed by atoms with E-state index in [2.05, 4.69) is 15.3 Å². The highest BCUT2D eigenvalue weighted by Crippen LogP contribution is 2.21. The van der Waals surface area contributed by atoms with Crippen molar-refractivity contribution in [2.24, 2.45) is 0 Å². The maximum atomic E-state index is 12.9. The summed E-state index contributed by atoms with van der Waals surface area (Å²) < 4.78 is 0. The van der Waals surface area contributed by atoms with Crippen LogP contribution in [0.25, 0.3) is 0 Å². The number of nitrogens with one attached hydrogen (secondary N) is 1. The van der Waals surface area contributed by atoms with Crippen LogP contribution in [0.15, 0.2) is 41.2 Å². The van der Waals surface area contributed by atoms with Gasteiger partial charge in [-0.15, -0.1) is 22.7 Å². The van der Waals surface area contributed by atoms with Crippen LogP contribution in [0.2, 0.25) is 0 Å². The number of hydrogen-bond donors (Lipinski definition) is 1. The SMILES string of the molecule is CNc1nc(C(=O)N(Cc2ccccc2)Cc2scnc2C)cs1. The fourth-order valence-electron chi connectivity index (χ4n) is 2.30. The zero-order valence-corrected chi connectivity index (χ0v) is 15.2. The maximum Gasteiger partial charge on any atom is 0.274 e. The molecular weight excluding hydrogens is 340 g/mol. The Bertz CT molecular complexity index is 813. The second kappa shape index (κ2) is 7.55. The molecule has 5 nitrogen and oxygen atoms in total. The van der Waals surface area contributed by atoms with Crippen LogP contribution in [-0.4, -0.2) is 27.8 Å². The van der Waals surface area contributed by atoms with Gasteiger partial charge in [0.25, 0.3) is 5.91 Å². The first-order valence-corrected chi connectivity index (χ1v) is 9.28. The van der Waals surface area contributed by atoms with Crippen LogP contribution in [0.4, 0.5) is 5.13 Å². The summed E-state index contributed by atoms with van der Waals surface area (Å²) >= 11 is 3.01. The summed E-state index contributed by atoms with van der Waals surface area (Å²) in [5.74, 6) is -0.0654. The van der Waals surface area contributed by atoms with Crippen molar-refractivity contribution in [3.05, 3.63) is 63.1 Å². The normalized spacial score (nSPS) is 10.6. The van der Waals surface area contributed by atoms with Gasteiger partial charge in [0, 0.05) is 23.8 Å². The third-order valence-corrected chi connectivity index (χ3v) is 5.40. The Morgan fingerprint density at radius 1 is 1.21 bits per heavy atom. The number of thiazole rings is 2. The Hall–Kier alpha value is -2.25. The van der Waals surface area contributed by atoms with Crippen molar-refractivity contribution in [1.82, 2.24) is 14.9 Å². The number of carbonyl (C=O) groups is 1. The molecule has 2 aromatic heterocycles. The molecule has 1 N–H and O–H groups in total. The Labute approximate surface area is 149 Å². The van der Waals surface area contributed by atoms with E-state index >= 15 is 0 Å². The average molecular weight is 358 g/mol. The highest BCUT2D eigenvalue weighted by molar-refractivity contribution is 7.13. The summed E-state index contributed by atoms with van der Waals surface area (Å²) in [4.78, 5) is 24.5. The van der Waals surface area contributed by atoms with Gasteiger partial charge in [-0.3, -0.25) is 4.79 Å². The topological polar surface area (TPSA) is 58.1 Å². The molecule has 3 rings (SSSR count). The highest BCUT2D eigenvalue weighted by Gasteiger charge is 2.21. The fraction of sp³-hybridized carbons (Fsp3) is 0.235. The van der Waals surface area contributed by atoms with Gasteiger partial charge in [0.15, 0.2) is 5.13 Å². The molecule has 24 heavy (non-hydrogen) atoms. The first-order chi connectivity index (χ1) is 11.7. The van der Waals surface area contributed by atoms with Crippen molar-refractivity contribution in [1.29, 1.82) is 0 Å². The molecule has 1 aromatic carbocycles. The Morgan fingerprint density at radius 2 is 2.00 bits per heavy atom. The van der Waals surface area contributed by atoms with Crippen LogP contribution in [0.5, 0.6) is 0 Å². The van der Waals surface area contributed by atoms with Gasteiger partial charge in [-0.25, -0.2) is 9.97 Å². The smallest absolute Gasteiger partial charge is 0.274 e. The number of hydrogen-bond acceptors (Lipinski definition) is 6. The van der Waals surface area contributed by atoms with Crippen LogP contribution < -0.4 is 5.32 Å². The molecule has 2 heterocycles. The Kier molecular flexibility index (Phi) is 5.22. The molecule has 0 unspecified atom stereocenters. The first kappa shape index (κ1) is 16.6. The van der Waals surface area contributed by atoms with E-state index < -0.39 is 0 Å². The summed E-state index contributed by atoms with van der Waals surface area (Å²) in [5, 5.41) is 5.51. The molecule has 3 aromatic rings. The molecule has 0 aliphatic carbocycles. The number of benzene rings is 1. The lowest BCUT2D eigenvalue weighted by Crippen LogP contribution is -2.30. The van der Waals surface area contributed by atoms with Gasteiger partial charge >= 0.3 is 0 Å². The molecule has 1 amide bonds. The zero-order chi connectivity index (χ0) is 16.9. The molecule has 0 spiro atoms. The van der Waals surface area contributed by atoms with Crippen LogP contribution in [0, 0.1) is 6.92 Å². The summed E-state index contributed by atoms with van der Waals surface area (Å²) in [6, 6.07) is 10.00. The number of carbonyl (C=O) groups excluding carboxylic acids is 1. The molecule has 0 saturated carbocycles. The molecule has 0 radical (unpaired) electrons. The molecule has 0 bridgehead atoms. The van der Waals surface area contributed by atoms with Gasteiger partial charge in [0.1, 0.15) is 5.69 Å². The largest absolute Gasteiger partial charge is 0.365 e. The van der Waals surface area contributed by atoms with E-state index in [9.17, 15) is 4.79 Å². The van der Waals surface area contributed by atoms with Gasteiger partial charge in [0.05, 0.1) is 17.7 Å². The van der Waals surface area contributed by atoms with E-state index in [0.717, 1.165) is 21.3 Å². The minimum absolute atomic E-state index is 0.0654. The van der Waals surface area contributed by atoms with E-state index in [0.29, 0.717) is 18.8 Å². The van der Waals surface area contributed by atoms with Crippen LogP contribution in [-0.2, 0) is 13.1 Å². The molecule has 0 aliphatic heterocycles. The predicted molar refractivity (Wildman–Crippen MR) is 98.5 cm³/mol. The quantitative estimate of drug-likeness (QED) is 0.728. The summed E-state index contributed by atoms with van der Waals surface area (Å²) in [6.07, 6.45) is 0. The van der Waals surface area contributed by atoms with E-state index in [1.807, 2.05) is 47.7 Å². The number of rotatable bonds is 6. The molecular formula is C17H18N4OS2. The second-order valence-corrected chi connectivity index (χ2v) is 7.09. The van der Waals surface area contributed by atoms with Gasteiger partial charge in [-0.05, 0) is 12.5 Å². The number of nitrogens with zero attached hydrogens (tertiary/aromatic N) is 3. The van der Waals surface area contributed by atoms with E-state index in [1.165, 1.54) is 11.3 Å². The van der Waals surface area contributed by atoms with Crippen molar-refractivity contribution < 1.29 is 4.79 Å². The standard InChI is InChI=1S/C17H18N4OS2/c1-12-15(24-11-19-12)9-21(8-13-6-4-3-5-7-13)16(22)14-10-23-17(18-2)20-14/h3-7,10-11H,8-9H2,1-2H3,(H,18,20).